The third-order valence-corrected chi connectivity index (χ3v) is 4.61. The van der Waals surface area contributed by atoms with Crippen molar-refractivity contribution in [1.29, 1.82) is 0 Å². The average molecular weight is 333 g/mol. The molecule has 126 valence electrons. The number of furan rings is 1. The summed E-state index contributed by atoms with van der Waals surface area (Å²) in [5.74, 6) is 0.961. The molecule has 0 spiro atoms. The summed E-state index contributed by atoms with van der Waals surface area (Å²) in [5, 5.41) is 0. The van der Waals surface area contributed by atoms with Gasteiger partial charge in [0, 0.05) is 17.0 Å². The Morgan fingerprint density at radius 2 is 2.00 bits per heavy atom. The first-order valence-corrected chi connectivity index (χ1v) is 8.25. The first-order valence-electron chi connectivity index (χ1n) is 8.25. The van der Waals surface area contributed by atoms with Crippen LogP contribution in [0.5, 0.6) is 0 Å². The van der Waals surface area contributed by atoms with Gasteiger partial charge in [0.15, 0.2) is 5.78 Å². The molecule has 0 fully saturated rings. The molecule has 0 aliphatic rings. The highest BCUT2D eigenvalue weighted by Gasteiger charge is 2.17. The fourth-order valence-electron chi connectivity index (χ4n) is 3.26. The van der Waals surface area contributed by atoms with E-state index >= 15 is 0 Å². The quantitative estimate of drug-likeness (QED) is 0.519. The normalized spacial score (nSPS) is 11.3. The highest BCUT2D eigenvalue weighted by molar-refractivity contribution is 5.98. The fourth-order valence-corrected chi connectivity index (χ4v) is 3.26. The number of para-hydroxylation sites is 2. The molecule has 0 unspecified atom stereocenters. The van der Waals surface area contributed by atoms with E-state index in [4.69, 9.17) is 4.42 Å². The number of hydrogen-bond donors (Lipinski definition) is 0. The molecule has 0 saturated heterocycles. The number of benzene rings is 1. The zero-order valence-corrected chi connectivity index (χ0v) is 14.3. The van der Waals surface area contributed by atoms with E-state index in [-0.39, 0.29) is 12.3 Å². The Hall–Kier alpha value is -3.08. The van der Waals surface area contributed by atoms with Crippen molar-refractivity contribution in [3.63, 3.8) is 0 Å². The molecule has 3 heterocycles. The van der Waals surface area contributed by atoms with E-state index in [9.17, 15) is 4.79 Å². The molecule has 0 N–H and O–H groups in total. The number of aryl methyl sites for hydroxylation is 1. The Balaban J connectivity index is 1.62. The maximum absolute atomic E-state index is 12.9. The number of carbonyl (C=O) groups excluding carboxylic acids is 1. The van der Waals surface area contributed by atoms with Gasteiger partial charge in [-0.1, -0.05) is 12.1 Å². The van der Waals surface area contributed by atoms with Crippen molar-refractivity contribution >= 4 is 16.8 Å². The van der Waals surface area contributed by atoms with E-state index in [0.29, 0.717) is 6.54 Å². The van der Waals surface area contributed by atoms with E-state index in [1.165, 1.54) is 0 Å². The van der Waals surface area contributed by atoms with Crippen LogP contribution >= 0.6 is 0 Å². The molecular weight excluding hydrogens is 314 g/mol. The highest BCUT2D eigenvalue weighted by Crippen LogP contribution is 2.20. The number of carbonyl (C=O) groups is 1. The lowest BCUT2D eigenvalue weighted by molar-refractivity contribution is 0.0972. The molecule has 0 aliphatic carbocycles. The molecule has 0 radical (unpaired) electrons. The molecule has 0 amide bonds. The highest BCUT2D eigenvalue weighted by atomic mass is 16.3. The third-order valence-electron chi connectivity index (χ3n) is 4.61. The molecule has 4 aromatic rings. The summed E-state index contributed by atoms with van der Waals surface area (Å²) in [6, 6.07) is 13.6. The first-order chi connectivity index (χ1) is 12.1. The number of ketones is 1. The third kappa shape index (κ3) is 2.78. The summed E-state index contributed by atoms with van der Waals surface area (Å²) < 4.78 is 9.44. The number of nitrogens with zero attached hydrogens (tertiary/aromatic N) is 3. The summed E-state index contributed by atoms with van der Waals surface area (Å²) in [4.78, 5) is 17.2. The summed E-state index contributed by atoms with van der Waals surface area (Å²) in [6.07, 6.45) is 3.39. The van der Waals surface area contributed by atoms with Crippen molar-refractivity contribution in [2.45, 2.75) is 26.9 Å². The minimum atomic E-state index is 0.0851. The van der Waals surface area contributed by atoms with Gasteiger partial charge in [-0.15, -0.1) is 0 Å². The summed E-state index contributed by atoms with van der Waals surface area (Å²) in [5.41, 5.74) is 4.64. The molecule has 0 saturated carbocycles. The maximum Gasteiger partial charge on any atom is 0.184 e. The van der Waals surface area contributed by atoms with Gasteiger partial charge in [0.25, 0.3) is 0 Å². The molecule has 1 aromatic carbocycles. The van der Waals surface area contributed by atoms with Gasteiger partial charge >= 0.3 is 0 Å². The molecule has 3 aromatic heterocycles. The van der Waals surface area contributed by atoms with Crippen LogP contribution in [-0.4, -0.2) is 19.9 Å². The largest absolute Gasteiger partial charge is 0.467 e. The zero-order valence-electron chi connectivity index (χ0n) is 14.3. The summed E-state index contributed by atoms with van der Waals surface area (Å²) in [6.45, 7) is 4.91. The van der Waals surface area contributed by atoms with Crippen LogP contribution in [0.25, 0.3) is 11.0 Å². The van der Waals surface area contributed by atoms with Crippen molar-refractivity contribution in [3.8, 4) is 0 Å². The molecule has 5 nitrogen and oxygen atoms in total. The van der Waals surface area contributed by atoms with Crippen molar-refractivity contribution in [3.05, 3.63) is 77.8 Å². The summed E-state index contributed by atoms with van der Waals surface area (Å²) in [7, 11) is 0. The number of Topliss-reactive ketones (excluding diaryl/α,β-unsaturated/α-hetero) is 1. The van der Waals surface area contributed by atoms with Crippen molar-refractivity contribution in [1.82, 2.24) is 14.1 Å². The second-order valence-electron chi connectivity index (χ2n) is 6.23. The number of fused-ring (bicyclic) bond motifs is 1. The Kier molecular flexibility index (Phi) is 3.76. The van der Waals surface area contributed by atoms with Gasteiger partial charge in [0.1, 0.15) is 5.76 Å². The van der Waals surface area contributed by atoms with Gasteiger partial charge in [0.05, 0.1) is 36.7 Å². The van der Waals surface area contributed by atoms with Crippen molar-refractivity contribution in [2.75, 3.05) is 0 Å². The molecule has 5 heteroatoms. The Morgan fingerprint density at radius 3 is 2.80 bits per heavy atom. The van der Waals surface area contributed by atoms with Gasteiger partial charge in [-0.05, 0) is 44.2 Å². The lowest BCUT2D eigenvalue weighted by Crippen LogP contribution is -2.11. The first kappa shape index (κ1) is 15.4. The fraction of sp³-hybridized carbons (Fsp3) is 0.200. The van der Waals surface area contributed by atoms with Crippen LogP contribution in [0.3, 0.4) is 0 Å². The van der Waals surface area contributed by atoms with Crippen LogP contribution in [0.15, 0.2) is 59.5 Å². The van der Waals surface area contributed by atoms with Crippen LogP contribution in [0, 0.1) is 13.8 Å². The Labute approximate surface area is 145 Å². The van der Waals surface area contributed by atoms with Crippen LogP contribution < -0.4 is 0 Å². The number of rotatable bonds is 5. The second-order valence-corrected chi connectivity index (χ2v) is 6.23. The second kappa shape index (κ2) is 6.09. The van der Waals surface area contributed by atoms with E-state index in [2.05, 4.69) is 9.55 Å². The van der Waals surface area contributed by atoms with Crippen molar-refractivity contribution in [2.24, 2.45) is 0 Å². The van der Waals surface area contributed by atoms with Crippen LogP contribution in [-0.2, 0) is 13.1 Å². The van der Waals surface area contributed by atoms with Crippen LogP contribution in [0.1, 0.15) is 27.5 Å². The SMILES string of the molecule is Cc1cc(C(=O)Cn2cnc3ccccc32)c(C)n1Cc1ccco1. The minimum Gasteiger partial charge on any atom is -0.467 e. The van der Waals surface area contributed by atoms with Crippen LogP contribution in [0.4, 0.5) is 0 Å². The Bertz CT molecular complexity index is 1040. The zero-order chi connectivity index (χ0) is 17.4. The molecular formula is C20H19N3O2. The van der Waals surface area contributed by atoms with Gasteiger partial charge in [0.2, 0.25) is 0 Å². The maximum atomic E-state index is 12.9. The predicted molar refractivity (Wildman–Crippen MR) is 95.8 cm³/mol. The number of aromatic nitrogens is 3. The molecule has 0 aliphatic heterocycles. The van der Waals surface area contributed by atoms with Crippen LogP contribution in [0.2, 0.25) is 0 Å². The predicted octanol–water partition coefficient (Wildman–Crippen LogP) is 3.98. The molecule has 0 bridgehead atoms. The van der Waals surface area contributed by atoms with Gasteiger partial charge in [-0.3, -0.25) is 4.79 Å². The minimum absolute atomic E-state index is 0.0851. The van der Waals surface area contributed by atoms with Gasteiger partial charge in [-0.25, -0.2) is 4.98 Å². The number of imidazole rings is 1. The molecule has 4 rings (SSSR count). The van der Waals surface area contributed by atoms with E-state index < -0.39 is 0 Å². The topological polar surface area (TPSA) is 53.0 Å². The molecule has 25 heavy (non-hydrogen) atoms. The summed E-state index contributed by atoms with van der Waals surface area (Å²) >= 11 is 0. The average Bonchev–Trinajstić information content (AvgIpc) is 3.32. The van der Waals surface area contributed by atoms with Gasteiger partial charge in [-0.2, -0.15) is 0 Å². The van der Waals surface area contributed by atoms with E-state index in [1.807, 2.05) is 60.9 Å². The van der Waals surface area contributed by atoms with Gasteiger partial charge < -0.3 is 13.6 Å². The Morgan fingerprint density at radius 1 is 1.16 bits per heavy atom. The lowest BCUT2D eigenvalue weighted by Gasteiger charge is -2.08. The monoisotopic (exact) mass is 333 g/mol. The van der Waals surface area contributed by atoms with E-state index in [1.54, 1.807) is 12.6 Å². The smallest absolute Gasteiger partial charge is 0.184 e. The standard InChI is InChI=1S/C20H19N3O2/c1-14-10-17(15(2)23(14)11-16-6-5-9-25-16)20(24)12-22-13-21-18-7-3-4-8-19(18)22/h3-10,13H,11-12H2,1-2H3. The lowest BCUT2D eigenvalue weighted by atomic mass is 10.1. The van der Waals surface area contributed by atoms with Crippen molar-refractivity contribution < 1.29 is 9.21 Å². The van der Waals surface area contributed by atoms with E-state index in [0.717, 1.165) is 33.7 Å². The molecule has 0 atom stereocenters. The number of hydrogen-bond acceptors (Lipinski definition) is 3.